The van der Waals surface area contributed by atoms with Gasteiger partial charge in [-0.1, -0.05) is 35.9 Å². The van der Waals surface area contributed by atoms with Gasteiger partial charge in [0.2, 0.25) is 0 Å². The van der Waals surface area contributed by atoms with Crippen molar-refractivity contribution in [3.8, 4) is 0 Å². The Balaban J connectivity index is 1.96. The zero-order chi connectivity index (χ0) is 19.6. The van der Waals surface area contributed by atoms with Crippen LogP contribution in [0.25, 0.3) is 38.1 Å². The van der Waals surface area contributed by atoms with Gasteiger partial charge < -0.3 is 0 Å². The fourth-order valence-electron chi connectivity index (χ4n) is 4.23. The predicted molar refractivity (Wildman–Crippen MR) is 107 cm³/mol. The number of imidazole rings is 1. The average molecular weight is 378 g/mol. The van der Waals surface area contributed by atoms with Crippen LogP contribution >= 0.6 is 0 Å². The summed E-state index contributed by atoms with van der Waals surface area (Å²) < 4.78 is 40.6. The highest BCUT2D eigenvalue weighted by Gasteiger charge is 2.28. The summed E-state index contributed by atoms with van der Waals surface area (Å²) in [7, 11) is 0. The van der Waals surface area contributed by atoms with Crippen LogP contribution in [0.2, 0.25) is 0 Å². The van der Waals surface area contributed by atoms with E-state index in [0.717, 1.165) is 43.7 Å². The van der Waals surface area contributed by atoms with Gasteiger partial charge in [0.15, 0.2) is 0 Å². The lowest BCUT2D eigenvalue weighted by Gasteiger charge is -2.15. The van der Waals surface area contributed by atoms with Crippen molar-refractivity contribution in [2.24, 2.45) is 0 Å². The summed E-state index contributed by atoms with van der Waals surface area (Å²) in [4.78, 5) is 4.51. The van der Waals surface area contributed by atoms with Gasteiger partial charge in [0.25, 0.3) is 0 Å². The van der Waals surface area contributed by atoms with Gasteiger partial charge in [-0.25, -0.2) is 4.98 Å². The normalized spacial score (nSPS) is 12.6. The van der Waals surface area contributed by atoms with Gasteiger partial charge in [-0.15, -0.1) is 0 Å². The standard InChI is InChI=1S/C23H17F3N2/c1-13-3-5-16-11-19-21(14(2)18(16)9-13)17-6-4-15(12-23(24,25)26)10-20(17)28-8-7-27-22(19)28/h3-11H,12H2,1-2H3. The molecule has 0 spiro atoms. The smallest absolute Gasteiger partial charge is 0.299 e. The maximum absolute atomic E-state index is 12.9. The minimum atomic E-state index is -4.23. The minimum Gasteiger partial charge on any atom is -0.299 e. The second kappa shape index (κ2) is 5.71. The first-order chi connectivity index (χ1) is 13.3. The number of hydrogen-bond acceptors (Lipinski definition) is 1. The van der Waals surface area contributed by atoms with E-state index in [0.29, 0.717) is 0 Å². The van der Waals surface area contributed by atoms with Crippen LogP contribution in [0, 0.1) is 13.8 Å². The molecule has 0 unspecified atom stereocenters. The molecule has 5 rings (SSSR count). The molecule has 0 saturated carbocycles. The van der Waals surface area contributed by atoms with Crippen molar-refractivity contribution in [3.05, 3.63) is 71.5 Å². The third-order valence-corrected chi connectivity index (χ3v) is 5.43. The Bertz CT molecular complexity index is 1390. The van der Waals surface area contributed by atoms with Crippen molar-refractivity contribution in [2.75, 3.05) is 0 Å². The summed E-state index contributed by atoms with van der Waals surface area (Å²) in [5, 5.41) is 5.28. The zero-order valence-electron chi connectivity index (χ0n) is 15.4. The number of hydrogen-bond donors (Lipinski definition) is 0. The Kier molecular flexibility index (Phi) is 3.48. The predicted octanol–water partition coefficient (Wildman–Crippen LogP) is 6.52. The summed E-state index contributed by atoms with van der Waals surface area (Å²) >= 11 is 0. The van der Waals surface area contributed by atoms with E-state index in [1.165, 1.54) is 5.56 Å². The van der Waals surface area contributed by atoms with E-state index in [9.17, 15) is 13.2 Å². The molecular formula is C23H17F3N2. The van der Waals surface area contributed by atoms with Gasteiger partial charge in [0.05, 0.1) is 11.9 Å². The van der Waals surface area contributed by atoms with E-state index in [1.54, 1.807) is 18.3 Å². The Hall–Kier alpha value is -3.08. The van der Waals surface area contributed by atoms with Crippen LogP contribution in [0.1, 0.15) is 16.7 Å². The van der Waals surface area contributed by atoms with Crippen molar-refractivity contribution in [1.82, 2.24) is 9.38 Å². The number of alkyl halides is 3. The molecule has 140 valence electrons. The van der Waals surface area contributed by atoms with Crippen LogP contribution in [-0.4, -0.2) is 15.6 Å². The molecule has 28 heavy (non-hydrogen) atoms. The summed E-state index contributed by atoms with van der Waals surface area (Å²) in [5.74, 6) is 0. The van der Waals surface area contributed by atoms with Crippen LogP contribution in [0.5, 0.6) is 0 Å². The largest absolute Gasteiger partial charge is 0.393 e. The molecule has 0 saturated heterocycles. The first-order valence-corrected chi connectivity index (χ1v) is 9.10. The fourth-order valence-corrected chi connectivity index (χ4v) is 4.23. The Labute approximate surface area is 159 Å². The number of aryl methyl sites for hydroxylation is 2. The molecule has 0 aliphatic rings. The highest BCUT2D eigenvalue weighted by molar-refractivity contribution is 6.18. The number of fused-ring (bicyclic) bond motifs is 7. The Morgan fingerprint density at radius 2 is 1.75 bits per heavy atom. The zero-order valence-corrected chi connectivity index (χ0v) is 15.4. The first-order valence-electron chi connectivity index (χ1n) is 9.10. The number of nitrogens with zero attached hydrogens (tertiary/aromatic N) is 2. The van der Waals surface area contributed by atoms with Crippen LogP contribution < -0.4 is 0 Å². The van der Waals surface area contributed by atoms with Gasteiger partial charge >= 0.3 is 6.18 Å². The summed E-state index contributed by atoms with van der Waals surface area (Å²) in [5.41, 5.74) is 4.06. The maximum atomic E-state index is 12.9. The number of rotatable bonds is 1. The molecule has 0 N–H and O–H groups in total. The lowest BCUT2D eigenvalue weighted by Crippen LogP contribution is -2.11. The van der Waals surface area contributed by atoms with Gasteiger partial charge in [0.1, 0.15) is 5.65 Å². The van der Waals surface area contributed by atoms with Crippen molar-refractivity contribution in [2.45, 2.75) is 26.4 Å². The third kappa shape index (κ3) is 2.53. The first kappa shape index (κ1) is 17.0. The van der Waals surface area contributed by atoms with Gasteiger partial charge in [-0.05, 0) is 53.3 Å². The van der Waals surface area contributed by atoms with E-state index in [-0.39, 0.29) is 5.56 Å². The minimum absolute atomic E-state index is 0.253. The summed E-state index contributed by atoms with van der Waals surface area (Å²) in [6.45, 7) is 4.13. The molecule has 5 aromatic rings. The van der Waals surface area contributed by atoms with Gasteiger partial charge in [-0.2, -0.15) is 13.2 Å². The lowest BCUT2D eigenvalue weighted by molar-refractivity contribution is -0.127. The van der Waals surface area contributed by atoms with E-state index in [2.05, 4.69) is 43.1 Å². The highest BCUT2D eigenvalue weighted by Crippen LogP contribution is 2.36. The van der Waals surface area contributed by atoms with Crippen molar-refractivity contribution < 1.29 is 13.2 Å². The number of pyridine rings is 1. The molecule has 2 heterocycles. The monoisotopic (exact) mass is 378 g/mol. The molecule has 3 aromatic carbocycles. The highest BCUT2D eigenvalue weighted by atomic mass is 19.4. The van der Waals surface area contributed by atoms with Gasteiger partial charge in [0, 0.05) is 23.2 Å². The van der Waals surface area contributed by atoms with Gasteiger partial charge in [-0.3, -0.25) is 4.40 Å². The van der Waals surface area contributed by atoms with E-state index in [1.807, 2.05) is 16.7 Å². The second-order valence-electron chi connectivity index (χ2n) is 7.41. The molecule has 0 amide bonds. The Morgan fingerprint density at radius 1 is 0.929 bits per heavy atom. The van der Waals surface area contributed by atoms with E-state index in [4.69, 9.17) is 0 Å². The summed E-state index contributed by atoms with van der Waals surface area (Å²) in [6.07, 6.45) is -1.67. The SMILES string of the molecule is Cc1ccc2cc3c(c(C)c2c1)c1ccc(CC(F)(F)F)cc1n1ccnc31. The second-order valence-corrected chi connectivity index (χ2v) is 7.41. The average Bonchev–Trinajstić information content (AvgIpc) is 3.11. The molecule has 2 aromatic heterocycles. The number of aromatic nitrogens is 2. The molecule has 0 aliphatic heterocycles. The molecule has 0 aliphatic carbocycles. The summed E-state index contributed by atoms with van der Waals surface area (Å²) in [6, 6.07) is 13.5. The Morgan fingerprint density at radius 3 is 2.54 bits per heavy atom. The van der Waals surface area contributed by atoms with Crippen LogP contribution in [0.3, 0.4) is 0 Å². The van der Waals surface area contributed by atoms with Crippen LogP contribution in [0.4, 0.5) is 13.2 Å². The molecule has 2 nitrogen and oxygen atoms in total. The molecular weight excluding hydrogens is 361 g/mol. The van der Waals surface area contributed by atoms with E-state index >= 15 is 0 Å². The molecule has 0 fully saturated rings. The fraction of sp³-hybridized carbons (Fsp3) is 0.174. The maximum Gasteiger partial charge on any atom is 0.393 e. The number of benzene rings is 3. The molecule has 5 heteroatoms. The molecule has 0 atom stereocenters. The lowest BCUT2D eigenvalue weighted by atomic mass is 9.94. The van der Waals surface area contributed by atoms with Crippen LogP contribution in [-0.2, 0) is 6.42 Å². The topological polar surface area (TPSA) is 17.3 Å². The van der Waals surface area contributed by atoms with Crippen molar-refractivity contribution in [3.63, 3.8) is 0 Å². The quantitative estimate of drug-likeness (QED) is 0.240. The molecule has 0 bridgehead atoms. The van der Waals surface area contributed by atoms with Crippen molar-refractivity contribution in [1.29, 1.82) is 0 Å². The van der Waals surface area contributed by atoms with Crippen molar-refractivity contribution >= 4 is 38.1 Å². The van der Waals surface area contributed by atoms with E-state index < -0.39 is 12.6 Å². The molecule has 0 radical (unpaired) electrons. The number of halogens is 3. The third-order valence-electron chi connectivity index (χ3n) is 5.43. The van der Waals surface area contributed by atoms with Crippen LogP contribution in [0.15, 0.2) is 54.9 Å².